The number of nitrogens with two attached hydrogens (primary N) is 1. The second-order valence-corrected chi connectivity index (χ2v) is 5.82. The number of hydrogen-bond acceptors (Lipinski definition) is 4. The molecule has 1 atom stereocenters. The van der Waals surface area contributed by atoms with Gasteiger partial charge in [0.25, 0.3) is 0 Å². The molecule has 0 bridgehead atoms. The second-order valence-electron chi connectivity index (χ2n) is 5.82. The van der Waals surface area contributed by atoms with Gasteiger partial charge in [-0.25, -0.2) is 0 Å². The minimum atomic E-state index is -0.0200. The number of anilines is 2. The number of methoxy groups -OCH3 is 1. The first-order chi connectivity index (χ1) is 10.1. The number of rotatable bonds is 4. The second kappa shape index (κ2) is 7.31. The topological polar surface area (TPSA) is 67.6 Å². The van der Waals surface area contributed by atoms with Crippen molar-refractivity contribution < 1.29 is 9.53 Å². The number of hydrogen-bond donors (Lipinski definition) is 2. The van der Waals surface area contributed by atoms with Crippen LogP contribution in [-0.2, 0) is 4.79 Å². The fourth-order valence-electron chi connectivity index (χ4n) is 2.70. The van der Waals surface area contributed by atoms with E-state index in [1.165, 1.54) is 6.42 Å². The number of likely N-dealkylation sites (tertiary alicyclic amines) is 1. The Balaban J connectivity index is 1.93. The van der Waals surface area contributed by atoms with Crippen molar-refractivity contribution in [2.75, 3.05) is 37.8 Å². The lowest BCUT2D eigenvalue weighted by atomic mass is 10.0. The third kappa shape index (κ3) is 4.63. The fourth-order valence-corrected chi connectivity index (χ4v) is 2.70. The maximum absolute atomic E-state index is 12.2. The van der Waals surface area contributed by atoms with E-state index < -0.39 is 0 Å². The largest absolute Gasteiger partial charge is 0.495 e. The van der Waals surface area contributed by atoms with Crippen molar-refractivity contribution in [1.29, 1.82) is 0 Å². The molecule has 1 aliphatic heterocycles. The van der Waals surface area contributed by atoms with Crippen LogP contribution in [0.3, 0.4) is 0 Å². The Morgan fingerprint density at radius 3 is 3.00 bits per heavy atom. The molecule has 1 aliphatic rings. The summed E-state index contributed by atoms with van der Waals surface area (Å²) in [5.41, 5.74) is 7.00. The van der Waals surface area contributed by atoms with Gasteiger partial charge in [0.15, 0.2) is 0 Å². The van der Waals surface area contributed by atoms with Crippen molar-refractivity contribution in [1.82, 2.24) is 4.90 Å². The number of carbonyl (C=O) groups excluding carboxylic acids is 1. The monoisotopic (exact) mass is 291 g/mol. The van der Waals surface area contributed by atoms with Crippen LogP contribution in [0.1, 0.15) is 26.2 Å². The van der Waals surface area contributed by atoms with E-state index in [-0.39, 0.29) is 5.91 Å². The molecule has 0 radical (unpaired) electrons. The highest BCUT2D eigenvalue weighted by atomic mass is 16.5. The number of amides is 1. The Morgan fingerprint density at radius 2 is 2.24 bits per heavy atom. The van der Waals surface area contributed by atoms with Crippen LogP contribution in [-0.4, -0.2) is 37.6 Å². The first-order valence-corrected chi connectivity index (χ1v) is 7.54. The van der Waals surface area contributed by atoms with Gasteiger partial charge in [-0.05, 0) is 56.5 Å². The van der Waals surface area contributed by atoms with Gasteiger partial charge in [-0.2, -0.15) is 0 Å². The van der Waals surface area contributed by atoms with Crippen LogP contribution in [0.2, 0.25) is 0 Å². The Hall–Kier alpha value is -1.75. The van der Waals surface area contributed by atoms with Gasteiger partial charge in [0, 0.05) is 5.69 Å². The zero-order chi connectivity index (χ0) is 15.2. The van der Waals surface area contributed by atoms with Crippen molar-refractivity contribution in [2.45, 2.75) is 26.2 Å². The fraction of sp³-hybridized carbons (Fsp3) is 0.562. The van der Waals surface area contributed by atoms with E-state index in [1.54, 1.807) is 25.3 Å². The van der Waals surface area contributed by atoms with Crippen LogP contribution in [0.4, 0.5) is 11.4 Å². The molecular formula is C16H25N3O2. The third-order valence-electron chi connectivity index (χ3n) is 3.97. The molecule has 1 amide bonds. The van der Waals surface area contributed by atoms with Gasteiger partial charge in [0.2, 0.25) is 5.91 Å². The standard InChI is InChI=1S/C16H25N3O2/c1-12-4-3-8-19(9-7-12)11-16(20)18-14-10-13(17)5-6-15(14)21-2/h5-6,10,12H,3-4,7-9,11,17H2,1-2H3,(H,18,20). The van der Waals surface area contributed by atoms with E-state index >= 15 is 0 Å². The molecule has 0 aliphatic carbocycles. The van der Waals surface area contributed by atoms with Gasteiger partial charge in [-0.1, -0.05) is 6.92 Å². The smallest absolute Gasteiger partial charge is 0.238 e. The molecule has 116 valence electrons. The molecule has 2 rings (SSSR count). The Bertz CT molecular complexity index is 490. The van der Waals surface area contributed by atoms with E-state index in [9.17, 15) is 4.79 Å². The summed E-state index contributed by atoms with van der Waals surface area (Å²) in [6.07, 6.45) is 3.58. The van der Waals surface area contributed by atoms with Crippen LogP contribution < -0.4 is 15.8 Å². The third-order valence-corrected chi connectivity index (χ3v) is 3.97. The Morgan fingerprint density at radius 1 is 1.43 bits per heavy atom. The minimum Gasteiger partial charge on any atom is -0.495 e. The molecule has 1 saturated heterocycles. The molecular weight excluding hydrogens is 266 g/mol. The molecule has 5 nitrogen and oxygen atoms in total. The highest BCUT2D eigenvalue weighted by Gasteiger charge is 2.17. The van der Waals surface area contributed by atoms with E-state index in [4.69, 9.17) is 10.5 Å². The summed E-state index contributed by atoms with van der Waals surface area (Å²) in [5.74, 6) is 1.36. The highest BCUT2D eigenvalue weighted by Crippen LogP contribution is 2.26. The summed E-state index contributed by atoms with van der Waals surface area (Å²) in [6.45, 7) is 4.68. The highest BCUT2D eigenvalue weighted by molar-refractivity contribution is 5.94. The van der Waals surface area contributed by atoms with Gasteiger partial charge in [-0.15, -0.1) is 0 Å². The maximum atomic E-state index is 12.2. The molecule has 1 heterocycles. The lowest BCUT2D eigenvalue weighted by Crippen LogP contribution is -2.34. The van der Waals surface area contributed by atoms with Gasteiger partial charge in [0.1, 0.15) is 5.75 Å². The molecule has 0 aromatic heterocycles. The number of ether oxygens (including phenoxy) is 1. The van der Waals surface area contributed by atoms with Crippen molar-refractivity contribution in [3.63, 3.8) is 0 Å². The molecule has 1 fully saturated rings. The average molecular weight is 291 g/mol. The van der Waals surface area contributed by atoms with Crippen molar-refractivity contribution in [3.8, 4) is 5.75 Å². The summed E-state index contributed by atoms with van der Waals surface area (Å²) in [6, 6.07) is 5.24. The number of nitrogen functional groups attached to an aromatic ring is 1. The van der Waals surface area contributed by atoms with Crippen molar-refractivity contribution in [2.24, 2.45) is 5.92 Å². The van der Waals surface area contributed by atoms with Gasteiger partial charge in [0.05, 0.1) is 19.3 Å². The average Bonchev–Trinajstić information content (AvgIpc) is 2.64. The normalized spacial score (nSPS) is 19.8. The van der Waals surface area contributed by atoms with Crippen LogP contribution >= 0.6 is 0 Å². The minimum absolute atomic E-state index is 0.0200. The van der Waals surface area contributed by atoms with Crippen LogP contribution in [0.15, 0.2) is 18.2 Å². The summed E-state index contributed by atoms with van der Waals surface area (Å²) in [7, 11) is 1.58. The number of carbonyl (C=O) groups is 1. The molecule has 1 aromatic rings. The first-order valence-electron chi connectivity index (χ1n) is 7.54. The lowest BCUT2D eigenvalue weighted by Gasteiger charge is -2.19. The first kappa shape index (κ1) is 15.6. The molecule has 1 aromatic carbocycles. The summed E-state index contributed by atoms with van der Waals surface area (Å²) in [5, 5.41) is 2.90. The van der Waals surface area contributed by atoms with Crippen molar-refractivity contribution >= 4 is 17.3 Å². The lowest BCUT2D eigenvalue weighted by molar-refractivity contribution is -0.117. The SMILES string of the molecule is COc1ccc(N)cc1NC(=O)CN1CCCC(C)CC1. The van der Waals surface area contributed by atoms with Crippen molar-refractivity contribution in [3.05, 3.63) is 18.2 Å². The predicted molar refractivity (Wildman–Crippen MR) is 85.5 cm³/mol. The maximum Gasteiger partial charge on any atom is 0.238 e. The Kier molecular flexibility index (Phi) is 5.44. The summed E-state index contributed by atoms with van der Waals surface area (Å²) < 4.78 is 5.24. The zero-order valence-corrected chi connectivity index (χ0v) is 12.9. The molecule has 0 saturated carbocycles. The summed E-state index contributed by atoms with van der Waals surface area (Å²) >= 11 is 0. The number of nitrogens with zero attached hydrogens (tertiary/aromatic N) is 1. The van der Waals surface area contributed by atoms with Gasteiger partial charge < -0.3 is 15.8 Å². The van der Waals surface area contributed by atoms with E-state index in [0.717, 1.165) is 31.8 Å². The predicted octanol–water partition coefficient (Wildman–Crippen LogP) is 2.34. The molecule has 3 N–H and O–H groups in total. The molecule has 5 heteroatoms. The molecule has 1 unspecified atom stereocenters. The quantitative estimate of drug-likeness (QED) is 0.836. The molecule has 0 spiro atoms. The number of benzene rings is 1. The number of nitrogens with one attached hydrogen (secondary N) is 1. The van der Waals surface area contributed by atoms with Gasteiger partial charge >= 0.3 is 0 Å². The summed E-state index contributed by atoms with van der Waals surface area (Å²) in [4.78, 5) is 14.4. The van der Waals surface area contributed by atoms with Crippen LogP contribution in [0, 0.1) is 5.92 Å². The van der Waals surface area contributed by atoms with Crippen LogP contribution in [0.25, 0.3) is 0 Å². The Labute approximate surface area is 126 Å². The molecule has 21 heavy (non-hydrogen) atoms. The zero-order valence-electron chi connectivity index (χ0n) is 12.9. The van der Waals surface area contributed by atoms with Crippen LogP contribution in [0.5, 0.6) is 5.75 Å². The van der Waals surface area contributed by atoms with E-state index in [0.29, 0.717) is 23.7 Å². The van der Waals surface area contributed by atoms with E-state index in [2.05, 4.69) is 17.1 Å². The van der Waals surface area contributed by atoms with E-state index in [1.807, 2.05) is 0 Å². The van der Waals surface area contributed by atoms with Gasteiger partial charge in [-0.3, -0.25) is 9.69 Å².